The Labute approximate surface area is 288 Å². The summed E-state index contributed by atoms with van der Waals surface area (Å²) in [6, 6.07) is 53.6. The molecular weight excluding hydrogens is 613 g/mol. The van der Waals surface area contributed by atoms with Crippen LogP contribution in [0.4, 0.5) is 0 Å². The van der Waals surface area contributed by atoms with Crippen LogP contribution in [0.5, 0.6) is 0 Å². The van der Waals surface area contributed by atoms with E-state index in [4.69, 9.17) is 19.9 Å². The van der Waals surface area contributed by atoms with Gasteiger partial charge in [-0.3, -0.25) is 9.97 Å². The molecule has 6 heteroatoms. The van der Waals surface area contributed by atoms with E-state index in [2.05, 4.69) is 70.6 Å². The van der Waals surface area contributed by atoms with Crippen molar-refractivity contribution < 1.29 is 0 Å². The summed E-state index contributed by atoms with van der Waals surface area (Å²) in [6.07, 6.45) is 3.59. The van der Waals surface area contributed by atoms with Gasteiger partial charge in [0.25, 0.3) is 0 Å². The van der Waals surface area contributed by atoms with E-state index in [1.54, 1.807) is 12.4 Å². The van der Waals surface area contributed by atoms with Crippen molar-refractivity contribution in [3.8, 4) is 68.1 Å². The summed E-state index contributed by atoms with van der Waals surface area (Å²) in [4.78, 5) is 28.8. The van der Waals surface area contributed by atoms with E-state index in [1.807, 2.05) is 97.1 Å². The molecule has 234 valence electrons. The summed E-state index contributed by atoms with van der Waals surface area (Å²) in [5.74, 6) is 1.93. The van der Waals surface area contributed by atoms with Gasteiger partial charge in [-0.1, -0.05) is 97.1 Å². The number of benzene rings is 5. The lowest BCUT2D eigenvalue weighted by Crippen LogP contribution is -2.00. The minimum Gasteiger partial charge on any atom is -0.255 e. The molecule has 6 nitrogen and oxygen atoms in total. The van der Waals surface area contributed by atoms with Crippen LogP contribution in [0.25, 0.3) is 89.6 Å². The summed E-state index contributed by atoms with van der Waals surface area (Å²) in [7, 11) is 0. The van der Waals surface area contributed by atoms with Crippen molar-refractivity contribution >= 4 is 21.5 Å². The second-order valence-corrected chi connectivity index (χ2v) is 12.1. The molecule has 0 saturated carbocycles. The predicted molar refractivity (Wildman–Crippen MR) is 201 cm³/mol. The first kappa shape index (κ1) is 29.2. The zero-order chi connectivity index (χ0) is 33.3. The molecule has 5 aromatic carbocycles. The Morgan fingerprint density at radius 1 is 0.260 bits per heavy atom. The van der Waals surface area contributed by atoms with Gasteiger partial charge in [0.2, 0.25) is 0 Å². The lowest BCUT2D eigenvalue weighted by Gasteiger charge is -2.11. The Morgan fingerprint density at radius 3 is 1.22 bits per heavy atom. The minimum absolute atomic E-state index is 0.639. The summed E-state index contributed by atoms with van der Waals surface area (Å²) in [6.45, 7) is 0. The molecule has 0 spiro atoms. The highest BCUT2D eigenvalue weighted by molar-refractivity contribution is 6.01. The van der Waals surface area contributed by atoms with Gasteiger partial charge in [-0.25, -0.2) is 19.9 Å². The fourth-order valence-electron chi connectivity index (χ4n) is 6.24. The van der Waals surface area contributed by atoms with Crippen molar-refractivity contribution in [1.29, 1.82) is 0 Å². The topological polar surface area (TPSA) is 77.3 Å². The minimum atomic E-state index is 0.639. The average Bonchev–Trinajstić information content (AvgIpc) is 3.20. The van der Waals surface area contributed by atoms with Crippen LogP contribution >= 0.6 is 0 Å². The van der Waals surface area contributed by atoms with Crippen molar-refractivity contribution in [2.45, 2.75) is 0 Å². The third kappa shape index (κ3) is 5.76. The summed E-state index contributed by atoms with van der Waals surface area (Å²) < 4.78 is 0. The number of fused-ring (bicyclic) bond motifs is 2. The van der Waals surface area contributed by atoms with Crippen LogP contribution in [-0.2, 0) is 0 Å². The van der Waals surface area contributed by atoms with Gasteiger partial charge in [-0.15, -0.1) is 0 Å². The molecular formula is C44H28N6. The first-order valence-corrected chi connectivity index (χ1v) is 16.4. The molecule has 0 N–H and O–H groups in total. The Bertz CT molecular complexity index is 2330. The highest BCUT2D eigenvalue weighted by Crippen LogP contribution is 2.34. The molecule has 0 aliphatic rings. The normalized spacial score (nSPS) is 11.2. The number of hydrogen-bond donors (Lipinski definition) is 0. The molecule has 0 radical (unpaired) electrons. The molecule has 0 saturated heterocycles. The number of pyridine rings is 3. The maximum absolute atomic E-state index is 4.94. The molecule has 9 aromatic rings. The molecule has 0 atom stereocenters. The summed E-state index contributed by atoms with van der Waals surface area (Å²) in [5.41, 5.74) is 8.23. The van der Waals surface area contributed by atoms with Gasteiger partial charge in [0.15, 0.2) is 17.5 Å². The van der Waals surface area contributed by atoms with Crippen molar-refractivity contribution in [1.82, 2.24) is 29.9 Å². The average molecular weight is 641 g/mol. The number of aromatic nitrogens is 6. The van der Waals surface area contributed by atoms with Gasteiger partial charge in [0.05, 0.1) is 22.8 Å². The molecule has 4 heterocycles. The van der Waals surface area contributed by atoms with Crippen LogP contribution < -0.4 is 0 Å². The van der Waals surface area contributed by atoms with Gasteiger partial charge in [-0.05, 0) is 93.3 Å². The predicted octanol–water partition coefficient (Wildman–Crippen LogP) is 10.4. The molecule has 50 heavy (non-hydrogen) atoms. The molecule has 0 amide bonds. The smallest absolute Gasteiger partial charge is 0.164 e. The zero-order valence-corrected chi connectivity index (χ0v) is 26.8. The van der Waals surface area contributed by atoms with Crippen molar-refractivity contribution in [2.24, 2.45) is 0 Å². The maximum Gasteiger partial charge on any atom is 0.164 e. The monoisotopic (exact) mass is 640 g/mol. The van der Waals surface area contributed by atoms with E-state index in [0.29, 0.717) is 17.5 Å². The third-order valence-corrected chi connectivity index (χ3v) is 8.77. The fourth-order valence-corrected chi connectivity index (χ4v) is 6.24. The van der Waals surface area contributed by atoms with Crippen molar-refractivity contribution in [2.75, 3.05) is 0 Å². The number of hydrogen-bond acceptors (Lipinski definition) is 6. The van der Waals surface area contributed by atoms with E-state index in [9.17, 15) is 0 Å². The molecule has 0 fully saturated rings. The van der Waals surface area contributed by atoms with E-state index in [0.717, 1.165) is 72.1 Å². The lowest BCUT2D eigenvalue weighted by molar-refractivity contribution is 1.07. The van der Waals surface area contributed by atoms with Gasteiger partial charge in [0.1, 0.15) is 0 Å². The Hall–Kier alpha value is -6.92. The Balaban J connectivity index is 1.13. The van der Waals surface area contributed by atoms with Gasteiger partial charge >= 0.3 is 0 Å². The standard InChI is InChI=1S/C44H28N6/c1-3-11-29(12-4-1)42-48-43(30-13-5-2-6-14-30)50-44(49-42)34-20-19-32-23-35-25-33(18-17-31(35)24-36(32)26-34)37-27-40(38-15-7-9-21-45-38)47-41(28-37)39-16-8-10-22-46-39/h1-28H. The second-order valence-electron chi connectivity index (χ2n) is 12.1. The molecule has 0 unspecified atom stereocenters. The zero-order valence-electron chi connectivity index (χ0n) is 26.8. The van der Waals surface area contributed by atoms with E-state index >= 15 is 0 Å². The van der Waals surface area contributed by atoms with Crippen LogP contribution in [0.3, 0.4) is 0 Å². The number of rotatable bonds is 6. The maximum atomic E-state index is 4.94. The first-order valence-electron chi connectivity index (χ1n) is 16.4. The van der Waals surface area contributed by atoms with Crippen LogP contribution in [-0.4, -0.2) is 29.9 Å². The van der Waals surface area contributed by atoms with Crippen LogP contribution in [0.1, 0.15) is 0 Å². The quantitative estimate of drug-likeness (QED) is 0.168. The highest BCUT2D eigenvalue weighted by Gasteiger charge is 2.14. The molecule has 0 aliphatic carbocycles. The van der Waals surface area contributed by atoms with E-state index in [1.165, 1.54) is 0 Å². The molecule has 0 aliphatic heterocycles. The van der Waals surface area contributed by atoms with E-state index in [-0.39, 0.29) is 0 Å². The second kappa shape index (κ2) is 12.6. The highest BCUT2D eigenvalue weighted by atomic mass is 15.0. The van der Waals surface area contributed by atoms with Gasteiger partial charge < -0.3 is 0 Å². The van der Waals surface area contributed by atoms with Gasteiger partial charge in [-0.2, -0.15) is 0 Å². The summed E-state index contributed by atoms with van der Waals surface area (Å²) >= 11 is 0. The Morgan fingerprint density at radius 2 is 0.720 bits per heavy atom. The molecule has 0 bridgehead atoms. The Kier molecular flexibility index (Phi) is 7.37. The van der Waals surface area contributed by atoms with Crippen molar-refractivity contribution in [3.05, 3.63) is 170 Å². The van der Waals surface area contributed by atoms with Crippen molar-refractivity contribution in [3.63, 3.8) is 0 Å². The van der Waals surface area contributed by atoms with E-state index < -0.39 is 0 Å². The lowest BCUT2D eigenvalue weighted by atomic mass is 9.97. The van der Waals surface area contributed by atoms with Crippen LogP contribution in [0, 0.1) is 0 Å². The van der Waals surface area contributed by atoms with Gasteiger partial charge in [0, 0.05) is 29.1 Å². The first-order chi connectivity index (χ1) is 24.7. The summed E-state index contributed by atoms with van der Waals surface area (Å²) in [5, 5.41) is 4.55. The van der Waals surface area contributed by atoms with Crippen LogP contribution in [0.15, 0.2) is 170 Å². The third-order valence-electron chi connectivity index (χ3n) is 8.77. The van der Waals surface area contributed by atoms with Crippen LogP contribution in [0.2, 0.25) is 0 Å². The largest absolute Gasteiger partial charge is 0.255 e. The molecule has 4 aromatic heterocycles. The molecule has 9 rings (SSSR count). The fraction of sp³-hybridized carbons (Fsp3) is 0. The number of nitrogens with zero attached hydrogens (tertiary/aromatic N) is 6. The SMILES string of the molecule is c1ccc(-c2nc(-c3ccccc3)nc(-c3ccc4cc5cc(-c6cc(-c7ccccn7)nc(-c7ccccn7)c6)ccc5cc4c3)n2)cc1.